The third-order valence-electron chi connectivity index (χ3n) is 4.80. The second kappa shape index (κ2) is 9.12. The normalized spacial score (nSPS) is 11.5. The molecule has 148 valence electrons. The van der Waals surface area contributed by atoms with Gasteiger partial charge in [-0.05, 0) is 65.7 Å². The molecule has 0 fully saturated rings. The molecule has 4 aromatic rings. The lowest BCUT2D eigenvalue weighted by atomic mass is 10.0. The minimum absolute atomic E-state index is 0.582. The Balaban J connectivity index is 1.68. The Morgan fingerprint density at radius 2 is 1.10 bits per heavy atom. The van der Waals surface area contributed by atoms with Gasteiger partial charge < -0.3 is 14.7 Å². The lowest BCUT2D eigenvalue weighted by molar-refractivity contribution is 0.0251. The van der Waals surface area contributed by atoms with Gasteiger partial charge in [-0.1, -0.05) is 67.2 Å². The molecule has 1 N–H and O–H groups in total. The Kier molecular flexibility index (Phi) is 5.93. The van der Waals surface area contributed by atoms with E-state index in [1.54, 1.807) is 0 Å². The van der Waals surface area contributed by atoms with Crippen molar-refractivity contribution in [1.29, 1.82) is 0 Å². The molecular formula is C27H23NO2. The molecule has 0 spiro atoms. The second-order valence-corrected chi connectivity index (χ2v) is 6.82. The second-order valence-electron chi connectivity index (χ2n) is 6.82. The first kappa shape index (κ1) is 19.5. The van der Waals surface area contributed by atoms with Crippen LogP contribution >= 0.6 is 0 Å². The van der Waals surface area contributed by atoms with Crippen molar-refractivity contribution < 1.29 is 9.84 Å². The zero-order valence-corrected chi connectivity index (χ0v) is 16.6. The lowest BCUT2D eigenvalue weighted by Gasteiger charge is -2.26. The van der Waals surface area contributed by atoms with E-state index in [0.717, 1.165) is 17.1 Å². The van der Waals surface area contributed by atoms with Crippen LogP contribution in [0.1, 0.15) is 0 Å². The van der Waals surface area contributed by atoms with Crippen molar-refractivity contribution in [3.63, 3.8) is 0 Å². The summed E-state index contributed by atoms with van der Waals surface area (Å²) in [4.78, 5) is 2.18. The van der Waals surface area contributed by atoms with Gasteiger partial charge in [0.25, 0.3) is 0 Å². The Hall–Kier alpha value is -3.82. The Morgan fingerprint density at radius 1 is 0.633 bits per heavy atom. The third-order valence-corrected chi connectivity index (χ3v) is 4.80. The van der Waals surface area contributed by atoms with Crippen LogP contribution in [0.5, 0.6) is 5.75 Å². The summed E-state index contributed by atoms with van der Waals surface area (Å²) in [6.07, 6.45) is 0.324. The number of rotatable bonds is 7. The minimum Gasteiger partial charge on any atom is -0.461 e. The van der Waals surface area contributed by atoms with E-state index in [9.17, 15) is 5.11 Å². The summed E-state index contributed by atoms with van der Waals surface area (Å²) in [6, 6.07) is 36.7. The van der Waals surface area contributed by atoms with Crippen LogP contribution in [0.3, 0.4) is 0 Å². The smallest absolute Gasteiger partial charge is 0.216 e. The molecule has 0 radical (unpaired) electrons. The van der Waals surface area contributed by atoms with Crippen molar-refractivity contribution in [2.45, 2.75) is 6.29 Å². The topological polar surface area (TPSA) is 32.7 Å². The molecule has 4 rings (SSSR count). The highest BCUT2D eigenvalue weighted by Gasteiger charge is 2.13. The van der Waals surface area contributed by atoms with Gasteiger partial charge in [-0.15, -0.1) is 0 Å². The summed E-state index contributed by atoms with van der Waals surface area (Å²) in [7, 11) is 0. The zero-order chi connectivity index (χ0) is 20.8. The molecule has 3 nitrogen and oxygen atoms in total. The van der Waals surface area contributed by atoms with E-state index < -0.39 is 6.29 Å². The number of aliphatic hydroxyl groups is 1. The summed E-state index contributed by atoms with van der Waals surface area (Å²) in [5, 5.41) is 9.62. The fourth-order valence-electron chi connectivity index (χ4n) is 3.32. The minimum atomic E-state index is -1.02. The Bertz CT molecular complexity index is 1080. The Morgan fingerprint density at radius 3 is 1.67 bits per heavy atom. The average Bonchev–Trinajstić information content (AvgIpc) is 2.82. The van der Waals surface area contributed by atoms with Crippen LogP contribution in [0.2, 0.25) is 0 Å². The molecule has 0 aliphatic rings. The number of benzene rings is 4. The van der Waals surface area contributed by atoms with Gasteiger partial charge in [-0.25, -0.2) is 0 Å². The number of nitrogens with zero attached hydrogens (tertiary/aromatic N) is 1. The number of para-hydroxylation sites is 1. The molecule has 0 saturated heterocycles. The van der Waals surface area contributed by atoms with Crippen molar-refractivity contribution in [2.75, 3.05) is 4.90 Å². The maximum atomic E-state index is 9.62. The van der Waals surface area contributed by atoms with Crippen LogP contribution in [0.15, 0.2) is 122 Å². The highest BCUT2D eigenvalue weighted by molar-refractivity contribution is 5.78. The van der Waals surface area contributed by atoms with E-state index in [1.165, 1.54) is 17.2 Å². The fraction of sp³-hybridized carbons (Fsp3) is 0.0370. The molecule has 0 saturated carbocycles. The van der Waals surface area contributed by atoms with Gasteiger partial charge in [-0.2, -0.15) is 0 Å². The Labute approximate surface area is 177 Å². The molecule has 0 bridgehead atoms. The van der Waals surface area contributed by atoms with E-state index in [2.05, 4.69) is 60.0 Å². The molecule has 0 heterocycles. The van der Waals surface area contributed by atoms with Crippen molar-refractivity contribution in [3.05, 3.63) is 122 Å². The lowest BCUT2D eigenvalue weighted by Crippen LogP contribution is -2.12. The van der Waals surface area contributed by atoms with E-state index in [-0.39, 0.29) is 0 Å². The van der Waals surface area contributed by atoms with Crippen molar-refractivity contribution in [1.82, 2.24) is 0 Å². The molecule has 4 aromatic carbocycles. The van der Waals surface area contributed by atoms with Gasteiger partial charge in [0.15, 0.2) is 0 Å². The first-order valence-corrected chi connectivity index (χ1v) is 9.82. The van der Waals surface area contributed by atoms with Crippen molar-refractivity contribution in [2.24, 2.45) is 0 Å². The van der Waals surface area contributed by atoms with Crippen LogP contribution in [0.25, 0.3) is 11.1 Å². The SMILES string of the molecule is C=CC(O)Oc1ccc(N(c2ccccc2)c2ccc(-c3ccccc3)cc2)cc1. The van der Waals surface area contributed by atoms with Gasteiger partial charge in [0.2, 0.25) is 6.29 Å². The van der Waals surface area contributed by atoms with Gasteiger partial charge in [0.1, 0.15) is 5.75 Å². The average molecular weight is 393 g/mol. The summed E-state index contributed by atoms with van der Waals surface area (Å²) in [6.45, 7) is 3.53. The molecule has 1 unspecified atom stereocenters. The van der Waals surface area contributed by atoms with Crippen molar-refractivity contribution >= 4 is 17.1 Å². The van der Waals surface area contributed by atoms with Crippen LogP contribution in [0.4, 0.5) is 17.1 Å². The maximum Gasteiger partial charge on any atom is 0.216 e. The van der Waals surface area contributed by atoms with E-state index in [4.69, 9.17) is 4.74 Å². The molecule has 3 heteroatoms. The number of hydrogen-bond acceptors (Lipinski definition) is 3. The third kappa shape index (κ3) is 4.43. The van der Waals surface area contributed by atoms with Crippen LogP contribution in [-0.4, -0.2) is 11.4 Å². The number of ether oxygens (including phenoxy) is 1. The summed E-state index contributed by atoms with van der Waals surface area (Å²) < 4.78 is 5.39. The van der Waals surface area contributed by atoms with Crippen molar-refractivity contribution in [3.8, 4) is 16.9 Å². The highest BCUT2D eigenvalue weighted by Crippen LogP contribution is 2.36. The van der Waals surface area contributed by atoms with Crippen LogP contribution in [0, 0.1) is 0 Å². The molecule has 0 amide bonds. The van der Waals surface area contributed by atoms with Gasteiger partial charge in [0, 0.05) is 17.1 Å². The predicted molar refractivity (Wildman–Crippen MR) is 123 cm³/mol. The summed E-state index contributed by atoms with van der Waals surface area (Å²) in [5.74, 6) is 0.582. The summed E-state index contributed by atoms with van der Waals surface area (Å²) in [5.41, 5.74) is 5.48. The molecule has 0 aromatic heterocycles. The first-order chi connectivity index (χ1) is 14.7. The largest absolute Gasteiger partial charge is 0.461 e. The monoisotopic (exact) mass is 393 g/mol. The maximum absolute atomic E-state index is 9.62. The summed E-state index contributed by atoms with van der Waals surface area (Å²) >= 11 is 0. The van der Waals surface area contributed by atoms with Crippen LogP contribution < -0.4 is 9.64 Å². The quantitative estimate of drug-likeness (QED) is 0.280. The van der Waals surface area contributed by atoms with Crippen LogP contribution in [-0.2, 0) is 0 Å². The number of aliphatic hydroxyl groups excluding tert-OH is 1. The first-order valence-electron chi connectivity index (χ1n) is 9.82. The van der Waals surface area contributed by atoms with E-state index >= 15 is 0 Å². The molecule has 0 aliphatic carbocycles. The van der Waals surface area contributed by atoms with E-state index in [0.29, 0.717) is 5.75 Å². The van der Waals surface area contributed by atoms with E-state index in [1.807, 2.05) is 60.7 Å². The van der Waals surface area contributed by atoms with Gasteiger partial charge >= 0.3 is 0 Å². The standard InChI is InChI=1S/C27H23NO2/c1-2-27(29)30-26-19-17-25(18-20-26)28(23-11-7-4-8-12-23)24-15-13-22(14-16-24)21-9-5-3-6-10-21/h2-20,27,29H,1H2. The molecule has 0 aliphatic heterocycles. The number of hydrogen-bond donors (Lipinski definition) is 1. The molecular weight excluding hydrogens is 370 g/mol. The predicted octanol–water partition coefficient (Wildman–Crippen LogP) is 6.71. The molecule has 1 atom stereocenters. The number of anilines is 3. The van der Waals surface area contributed by atoms with Gasteiger partial charge in [0.05, 0.1) is 0 Å². The zero-order valence-electron chi connectivity index (χ0n) is 16.6. The van der Waals surface area contributed by atoms with Gasteiger partial charge in [-0.3, -0.25) is 0 Å². The fourth-order valence-corrected chi connectivity index (χ4v) is 3.32. The molecule has 30 heavy (non-hydrogen) atoms. The highest BCUT2D eigenvalue weighted by atomic mass is 16.6.